The van der Waals surface area contributed by atoms with Crippen molar-refractivity contribution in [1.82, 2.24) is 0 Å². The molecule has 72 valence electrons. The Labute approximate surface area is 74.9 Å². The van der Waals surface area contributed by atoms with Crippen LogP contribution < -0.4 is 0 Å². The van der Waals surface area contributed by atoms with Crippen molar-refractivity contribution in [3.8, 4) is 0 Å². The van der Waals surface area contributed by atoms with Gasteiger partial charge in [0.2, 0.25) is 0 Å². The summed E-state index contributed by atoms with van der Waals surface area (Å²) in [6.07, 6.45) is 7.07. The first kappa shape index (κ1) is 10.0. The third-order valence-corrected chi connectivity index (χ3v) is 2.33. The van der Waals surface area contributed by atoms with E-state index >= 15 is 0 Å². The molecule has 0 aromatic heterocycles. The van der Waals surface area contributed by atoms with Gasteiger partial charge in [0.15, 0.2) is 0 Å². The maximum Gasteiger partial charge on any atom is 0.0834 e. The molecule has 2 unspecified atom stereocenters. The van der Waals surface area contributed by atoms with Gasteiger partial charge in [0, 0.05) is 6.42 Å². The third-order valence-electron chi connectivity index (χ3n) is 2.33. The first-order valence-electron chi connectivity index (χ1n) is 5.12. The van der Waals surface area contributed by atoms with Gasteiger partial charge >= 0.3 is 0 Å². The summed E-state index contributed by atoms with van der Waals surface area (Å²) >= 11 is 0. The fourth-order valence-corrected chi connectivity index (χ4v) is 1.43. The predicted octanol–water partition coefficient (Wildman–Crippen LogP) is 2.11. The van der Waals surface area contributed by atoms with E-state index in [1.165, 1.54) is 25.7 Å². The highest BCUT2D eigenvalue weighted by molar-refractivity contribution is 4.73. The molecule has 0 aliphatic carbocycles. The standard InChI is InChI=1S/C10H20O2/c1-2-3-4-5-6-9(11)7-10-8-12-10/h9-11H,2-8H2,1H3. The maximum absolute atomic E-state index is 9.48. The first-order chi connectivity index (χ1) is 5.83. The lowest BCUT2D eigenvalue weighted by Crippen LogP contribution is -2.09. The Morgan fingerprint density at radius 3 is 2.75 bits per heavy atom. The molecule has 0 saturated carbocycles. The van der Waals surface area contributed by atoms with Crippen LogP contribution in [0.1, 0.15) is 45.4 Å². The monoisotopic (exact) mass is 172 g/mol. The van der Waals surface area contributed by atoms with Crippen LogP contribution in [0.2, 0.25) is 0 Å². The molecule has 0 radical (unpaired) electrons. The maximum atomic E-state index is 9.48. The number of rotatable bonds is 7. The fraction of sp³-hybridized carbons (Fsp3) is 1.00. The number of aliphatic hydroxyl groups excluding tert-OH is 1. The van der Waals surface area contributed by atoms with E-state index in [4.69, 9.17) is 4.74 Å². The van der Waals surface area contributed by atoms with Crippen LogP contribution in [0.25, 0.3) is 0 Å². The Morgan fingerprint density at radius 2 is 2.17 bits per heavy atom. The van der Waals surface area contributed by atoms with Crippen molar-refractivity contribution in [3.63, 3.8) is 0 Å². The minimum atomic E-state index is -0.116. The average Bonchev–Trinajstić information content (AvgIpc) is 2.82. The summed E-state index contributed by atoms with van der Waals surface area (Å²) in [6, 6.07) is 0. The number of hydrogen-bond acceptors (Lipinski definition) is 2. The molecule has 0 amide bonds. The molecule has 1 heterocycles. The predicted molar refractivity (Wildman–Crippen MR) is 49.1 cm³/mol. The van der Waals surface area contributed by atoms with Crippen LogP contribution in [0.3, 0.4) is 0 Å². The molecule has 0 aromatic rings. The molecular weight excluding hydrogens is 152 g/mol. The molecule has 1 saturated heterocycles. The third kappa shape index (κ3) is 4.73. The quantitative estimate of drug-likeness (QED) is 0.471. The van der Waals surface area contributed by atoms with Crippen LogP contribution >= 0.6 is 0 Å². The summed E-state index contributed by atoms with van der Waals surface area (Å²) in [7, 11) is 0. The summed E-state index contributed by atoms with van der Waals surface area (Å²) in [6.45, 7) is 3.07. The second kappa shape index (κ2) is 5.55. The zero-order valence-electron chi connectivity index (χ0n) is 7.96. The molecule has 1 aliphatic heterocycles. The van der Waals surface area contributed by atoms with Crippen LogP contribution in [0.4, 0.5) is 0 Å². The van der Waals surface area contributed by atoms with E-state index in [-0.39, 0.29) is 6.10 Å². The molecule has 2 atom stereocenters. The van der Waals surface area contributed by atoms with Crippen molar-refractivity contribution in [3.05, 3.63) is 0 Å². The Bertz CT molecular complexity index is 110. The van der Waals surface area contributed by atoms with Crippen LogP contribution in [0, 0.1) is 0 Å². The first-order valence-corrected chi connectivity index (χ1v) is 5.12. The van der Waals surface area contributed by atoms with Gasteiger partial charge in [-0.25, -0.2) is 0 Å². The van der Waals surface area contributed by atoms with Gasteiger partial charge < -0.3 is 9.84 Å². The van der Waals surface area contributed by atoms with Crippen LogP contribution in [0.5, 0.6) is 0 Å². The van der Waals surface area contributed by atoms with Crippen molar-refractivity contribution in [2.24, 2.45) is 0 Å². The SMILES string of the molecule is CCCCCCC(O)CC1CO1. The molecule has 1 N–H and O–H groups in total. The molecule has 0 aromatic carbocycles. The largest absolute Gasteiger partial charge is 0.393 e. The van der Waals surface area contributed by atoms with E-state index in [9.17, 15) is 5.11 Å². The molecule has 1 fully saturated rings. The second-order valence-corrected chi connectivity index (χ2v) is 3.69. The summed E-state index contributed by atoms with van der Waals surface area (Å²) in [5, 5.41) is 9.48. The molecule has 0 bridgehead atoms. The van der Waals surface area contributed by atoms with E-state index in [0.717, 1.165) is 19.4 Å². The lowest BCUT2D eigenvalue weighted by molar-refractivity contribution is 0.139. The molecule has 2 heteroatoms. The Kier molecular flexibility index (Phi) is 4.62. The summed E-state index contributed by atoms with van der Waals surface area (Å²) in [5.41, 5.74) is 0. The van der Waals surface area contributed by atoms with Crippen molar-refractivity contribution in [1.29, 1.82) is 0 Å². The van der Waals surface area contributed by atoms with Gasteiger partial charge in [0.25, 0.3) is 0 Å². The van der Waals surface area contributed by atoms with Crippen molar-refractivity contribution >= 4 is 0 Å². The number of hydrogen-bond donors (Lipinski definition) is 1. The van der Waals surface area contributed by atoms with Crippen molar-refractivity contribution in [2.45, 2.75) is 57.7 Å². The Balaban J connectivity index is 1.83. The minimum Gasteiger partial charge on any atom is -0.393 e. The second-order valence-electron chi connectivity index (χ2n) is 3.69. The molecular formula is C10H20O2. The van der Waals surface area contributed by atoms with E-state index in [0.29, 0.717) is 6.10 Å². The van der Waals surface area contributed by atoms with Gasteiger partial charge in [0.1, 0.15) is 0 Å². The van der Waals surface area contributed by atoms with Gasteiger partial charge in [-0.15, -0.1) is 0 Å². The molecule has 2 nitrogen and oxygen atoms in total. The highest BCUT2D eigenvalue weighted by atomic mass is 16.6. The molecule has 1 rings (SSSR count). The summed E-state index contributed by atoms with van der Waals surface area (Å²) in [5.74, 6) is 0. The fourth-order valence-electron chi connectivity index (χ4n) is 1.43. The smallest absolute Gasteiger partial charge is 0.0834 e. The highest BCUT2D eigenvalue weighted by Crippen LogP contribution is 2.18. The zero-order valence-corrected chi connectivity index (χ0v) is 7.96. The van der Waals surface area contributed by atoms with E-state index in [1.54, 1.807) is 0 Å². The van der Waals surface area contributed by atoms with Gasteiger partial charge in [-0.3, -0.25) is 0 Å². The van der Waals surface area contributed by atoms with E-state index < -0.39 is 0 Å². The van der Waals surface area contributed by atoms with Crippen molar-refractivity contribution in [2.75, 3.05) is 6.61 Å². The zero-order chi connectivity index (χ0) is 8.81. The van der Waals surface area contributed by atoms with Crippen molar-refractivity contribution < 1.29 is 9.84 Å². The normalized spacial score (nSPS) is 24.0. The summed E-state index contributed by atoms with van der Waals surface area (Å²) < 4.78 is 5.05. The van der Waals surface area contributed by atoms with E-state index in [1.807, 2.05) is 0 Å². The number of aliphatic hydroxyl groups is 1. The molecule has 0 spiro atoms. The molecule has 1 aliphatic rings. The van der Waals surface area contributed by atoms with Gasteiger partial charge in [-0.2, -0.15) is 0 Å². The molecule has 12 heavy (non-hydrogen) atoms. The van der Waals surface area contributed by atoms with Gasteiger partial charge in [-0.05, 0) is 6.42 Å². The average molecular weight is 172 g/mol. The Morgan fingerprint density at radius 1 is 1.42 bits per heavy atom. The van der Waals surface area contributed by atoms with Crippen LogP contribution in [-0.4, -0.2) is 23.9 Å². The topological polar surface area (TPSA) is 32.8 Å². The van der Waals surface area contributed by atoms with Gasteiger partial charge in [-0.1, -0.05) is 32.6 Å². The number of unbranched alkanes of at least 4 members (excludes halogenated alkanes) is 3. The van der Waals surface area contributed by atoms with E-state index in [2.05, 4.69) is 6.92 Å². The summed E-state index contributed by atoms with van der Waals surface area (Å²) in [4.78, 5) is 0. The lowest BCUT2D eigenvalue weighted by Gasteiger charge is -2.07. The highest BCUT2D eigenvalue weighted by Gasteiger charge is 2.25. The number of ether oxygens (including phenoxy) is 1. The van der Waals surface area contributed by atoms with Crippen LogP contribution in [-0.2, 0) is 4.74 Å². The van der Waals surface area contributed by atoms with Gasteiger partial charge in [0.05, 0.1) is 18.8 Å². The lowest BCUT2D eigenvalue weighted by atomic mass is 10.1. The number of epoxide rings is 1. The van der Waals surface area contributed by atoms with Crippen LogP contribution in [0.15, 0.2) is 0 Å². The minimum absolute atomic E-state index is 0.116. The Hall–Kier alpha value is -0.0800.